The van der Waals surface area contributed by atoms with Gasteiger partial charge in [0.05, 0.1) is 24.4 Å². The van der Waals surface area contributed by atoms with Crippen LogP contribution in [0.2, 0.25) is 0 Å². The number of aliphatic hydroxyl groups is 1. The molecular formula is C30H30N4O4S. The number of benzene rings is 2. The molecule has 3 heterocycles. The van der Waals surface area contributed by atoms with Crippen molar-refractivity contribution in [3.05, 3.63) is 119 Å². The summed E-state index contributed by atoms with van der Waals surface area (Å²) in [5.41, 5.74) is 4.27. The first kappa shape index (κ1) is 27.0. The number of aliphatic hydroxyl groups excluding tert-OH is 1. The van der Waals surface area contributed by atoms with E-state index in [1.54, 1.807) is 54.7 Å². The van der Waals surface area contributed by atoms with E-state index in [-0.39, 0.29) is 30.6 Å². The lowest BCUT2D eigenvalue weighted by Gasteiger charge is -2.41. The topological polar surface area (TPSA) is 106 Å². The Balaban J connectivity index is 1.30. The molecule has 0 bridgehead atoms. The number of carbonyl (C=O) groups is 1. The fraction of sp³-hybridized carbons (Fsp3) is 0.267. The molecule has 9 heteroatoms. The SMILES string of the molecule is C[C@@H]1[C@H](CSc2ncccn2)O[C@H](c2ccc(CNC(=O)c3cccnc3)cc2)O[C@@H]1c1ccc(CO)cc1. The van der Waals surface area contributed by atoms with Gasteiger partial charge >= 0.3 is 0 Å². The van der Waals surface area contributed by atoms with Gasteiger partial charge in [-0.05, 0) is 34.9 Å². The zero-order valence-electron chi connectivity index (χ0n) is 21.5. The van der Waals surface area contributed by atoms with Gasteiger partial charge in [0.1, 0.15) is 0 Å². The Morgan fingerprint density at radius 2 is 1.64 bits per heavy atom. The second-order valence-electron chi connectivity index (χ2n) is 9.33. The Labute approximate surface area is 231 Å². The summed E-state index contributed by atoms with van der Waals surface area (Å²) < 4.78 is 13.0. The number of aromatic nitrogens is 3. The molecule has 0 unspecified atom stereocenters. The van der Waals surface area contributed by atoms with Gasteiger partial charge in [-0.2, -0.15) is 0 Å². The van der Waals surface area contributed by atoms with Crippen LogP contribution in [0.1, 0.15) is 51.9 Å². The highest BCUT2D eigenvalue weighted by molar-refractivity contribution is 7.99. The van der Waals surface area contributed by atoms with Gasteiger partial charge in [0, 0.05) is 48.6 Å². The number of carbonyl (C=O) groups excluding carboxylic acids is 1. The van der Waals surface area contributed by atoms with Crippen molar-refractivity contribution in [1.29, 1.82) is 0 Å². The molecule has 1 aliphatic rings. The molecule has 2 aromatic heterocycles. The van der Waals surface area contributed by atoms with Crippen molar-refractivity contribution in [1.82, 2.24) is 20.3 Å². The molecular weight excluding hydrogens is 512 g/mol. The number of ether oxygens (including phenoxy) is 2. The van der Waals surface area contributed by atoms with Crippen molar-refractivity contribution in [2.75, 3.05) is 5.75 Å². The van der Waals surface area contributed by atoms with E-state index in [4.69, 9.17) is 9.47 Å². The van der Waals surface area contributed by atoms with Crippen LogP contribution in [-0.2, 0) is 22.6 Å². The Morgan fingerprint density at radius 3 is 2.33 bits per heavy atom. The lowest BCUT2D eigenvalue weighted by atomic mass is 9.91. The minimum Gasteiger partial charge on any atom is -0.392 e. The maximum absolute atomic E-state index is 12.4. The van der Waals surface area contributed by atoms with Crippen LogP contribution < -0.4 is 5.32 Å². The first-order valence-electron chi connectivity index (χ1n) is 12.8. The molecule has 0 spiro atoms. The van der Waals surface area contributed by atoms with Gasteiger partial charge in [-0.1, -0.05) is 67.2 Å². The van der Waals surface area contributed by atoms with E-state index in [1.807, 2.05) is 48.5 Å². The number of hydrogen-bond acceptors (Lipinski definition) is 8. The highest BCUT2D eigenvalue weighted by Crippen LogP contribution is 2.42. The van der Waals surface area contributed by atoms with Crippen molar-refractivity contribution in [3.8, 4) is 0 Å². The van der Waals surface area contributed by atoms with E-state index in [1.165, 1.54) is 0 Å². The van der Waals surface area contributed by atoms with Crippen molar-refractivity contribution in [3.63, 3.8) is 0 Å². The number of pyridine rings is 1. The molecule has 0 saturated carbocycles. The molecule has 4 aromatic rings. The molecule has 0 aliphatic carbocycles. The standard InChI is InChI=1S/C30H30N4O4S/c1-20-26(19-39-30-32-14-3-15-33-30)37-29(38-27(20)23-9-7-22(18-35)8-10-23)24-11-5-21(6-12-24)16-34-28(36)25-4-2-13-31-17-25/h2-15,17,20,26-27,29,35H,16,18-19H2,1H3,(H,34,36)/t20-,26+,27+,29+/m1/s1. The van der Waals surface area contributed by atoms with Crippen LogP contribution in [0.4, 0.5) is 0 Å². The molecule has 39 heavy (non-hydrogen) atoms. The molecule has 5 rings (SSSR count). The Kier molecular flexibility index (Phi) is 8.95. The first-order chi connectivity index (χ1) is 19.1. The van der Waals surface area contributed by atoms with Gasteiger partial charge in [-0.25, -0.2) is 9.97 Å². The van der Waals surface area contributed by atoms with Crippen LogP contribution in [0.15, 0.2) is 96.7 Å². The average Bonchev–Trinajstić information content (AvgIpc) is 3.00. The third kappa shape index (κ3) is 6.88. The van der Waals surface area contributed by atoms with Crippen LogP contribution >= 0.6 is 11.8 Å². The van der Waals surface area contributed by atoms with Gasteiger partial charge in [-0.15, -0.1) is 0 Å². The van der Waals surface area contributed by atoms with E-state index in [9.17, 15) is 9.90 Å². The predicted octanol–water partition coefficient (Wildman–Crippen LogP) is 4.88. The molecule has 2 N–H and O–H groups in total. The summed E-state index contributed by atoms with van der Waals surface area (Å²) in [6, 6.07) is 21.0. The highest BCUT2D eigenvalue weighted by atomic mass is 32.2. The molecule has 8 nitrogen and oxygen atoms in total. The maximum atomic E-state index is 12.4. The summed E-state index contributed by atoms with van der Waals surface area (Å²) in [6.45, 7) is 2.53. The summed E-state index contributed by atoms with van der Waals surface area (Å²) in [5.74, 6) is 0.576. The Morgan fingerprint density at radius 1 is 0.923 bits per heavy atom. The van der Waals surface area contributed by atoms with Gasteiger partial charge in [0.2, 0.25) is 0 Å². The van der Waals surface area contributed by atoms with E-state index in [0.717, 1.165) is 22.3 Å². The summed E-state index contributed by atoms with van der Waals surface area (Å²) in [5, 5.41) is 13.1. The van der Waals surface area contributed by atoms with Crippen molar-refractivity contribution in [2.24, 2.45) is 5.92 Å². The van der Waals surface area contributed by atoms with Gasteiger partial charge in [-0.3, -0.25) is 9.78 Å². The number of amides is 1. The first-order valence-corrected chi connectivity index (χ1v) is 13.8. The Bertz CT molecular complexity index is 1340. The van der Waals surface area contributed by atoms with Crippen molar-refractivity contribution >= 4 is 17.7 Å². The maximum Gasteiger partial charge on any atom is 0.253 e. The third-order valence-electron chi connectivity index (χ3n) is 6.67. The van der Waals surface area contributed by atoms with Crippen LogP contribution in [0.5, 0.6) is 0 Å². The van der Waals surface area contributed by atoms with Crippen LogP contribution in [0.25, 0.3) is 0 Å². The van der Waals surface area contributed by atoms with Crippen LogP contribution in [0.3, 0.4) is 0 Å². The molecule has 1 saturated heterocycles. The van der Waals surface area contributed by atoms with Gasteiger partial charge in [0.25, 0.3) is 5.91 Å². The normalized spacial score (nSPS) is 20.9. The second kappa shape index (κ2) is 12.9. The number of nitrogens with zero attached hydrogens (tertiary/aromatic N) is 3. The zero-order chi connectivity index (χ0) is 27.0. The zero-order valence-corrected chi connectivity index (χ0v) is 22.3. The minimum atomic E-state index is -0.565. The highest BCUT2D eigenvalue weighted by Gasteiger charge is 2.38. The monoisotopic (exact) mass is 542 g/mol. The third-order valence-corrected chi connectivity index (χ3v) is 7.64. The second-order valence-corrected chi connectivity index (χ2v) is 10.3. The molecule has 1 amide bonds. The molecule has 4 atom stereocenters. The minimum absolute atomic E-state index is 0.00151. The van der Waals surface area contributed by atoms with E-state index >= 15 is 0 Å². The summed E-state index contributed by atoms with van der Waals surface area (Å²) >= 11 is 1.56. The average molecular weight is 543 g/mol. The summed E-state index contributed by atoms with van der Waals surface area (Å²) in [7, 11) is 0. The van der Waals surface area contributed by atoms with Crippen molar-refractivity contribution in [2.45, 2.75) is 43.7 Å². The van der Waals surface area contributed by atoms with Gasteiger partial charge < -0.3 is 19.9 Å². The number of rotatable bonds is 9. The van der Waals surface area contributed by atoms with Crippen LogP contribution in [0, 0.1) is 5.92 Å². The molecule has 2 aromatic carbocycles. The lowest BCUT2D eigenvalue weighted by Crippen LogP contribution is -2.38. The van der Waals surface area contributed by atoms with E-state index in [2.05, 4.69) is 27.2 Å². The lowest BCUT2D eigenvalue weighted by molar-refractivity contribution is -0.268. The molecule has 1 fully saturated rings. The predicted molar refractivity (Wildman–Crippen MR) is 148 cm³/mol. The van der Waals surface area contributed by atoms with E-state index < -0.39 is 6.29 Å². The quantitative estimate of drug-likeness (QED) is 0.228. The number of nitrogens with one attached hydrogen (secondary N) is 1. The number of hydrogen-bond donors (Lipinski definition) is 2. The van der Waals surface area contributed by atoms with Crippen LogP contribution in [-0.4, -0.2) is 37.8 Å². The summed E-state index contributed by atoms with van der Waals surface area (Å²) in [6.07, 6.45) is 5.78. The fourth-order valence-corrected chi connectivity index (χ4v) is 5.37. The number of thioether (sulfide) groups is 1. The molecule has 0 radical (unpaired) electrons. The van der Waals surface area contributed by atoms with Crippen molar-refractivity contribution < 1.29 is 19.4 Å². The fourth-order valence-electron chi connectivity index (χ4n) is 4.40. The molecule has 1 aliphatic heterocycles. The van der Waals surface area contributed by atoms with E-state index in [0.29, 0.717) is 23.0 Å². The summed E-state index contributed by atoms with van der Waals surface area (Å²) in [4.78, 5) is 25.0. The largest absolute Gasteiger partial charge is 0.392 e. The Hall–Kier alpha value is -3.63. The van der Waals surface area contributed by atoms with Gasteiger partial charge in [0.15, 0.2) is 11.4 Å². The molecule has 200 valence electrons. The smallest absolute Gasteiger partial charge is 0.253 e.